The number of ether oxygens (including phenoxy) is 2. The zero-order valence-corrected chi connectivity index (χ0v) is 20.7. The third kappa shape index (κ3) is 6.19. The Hall–Kier alpha value is -3.23. The minimum atomic E-state index is -5.06. The molecular formula is C28H27F6NO2. The van der Waals surface area contributed by atoms with Crippen LogP contribution in [0.1, 0.15) is 49.4 Å². The summed E-state index contributed by atoms with van der Waals surface area (Å²) in [6.45, 7) is 5.71. The monoisotopic (exact) mass is 523 g/mol. The van der Waals surface area contributed by atoms with Crippen molar-refractivity contribution in [2.75, 3.05) is 6.61 Å². The Kier molecular flexibility index (Phi) is 7.71. The second-order valence-electron chi connectivity index (χ2n) is 9.87. The fourth-order valence-corrected chi connectivity index (χ4v) is 4.40. The van der Waals surface area contributed by atoms with Gasteiger partial charge in [0, 0.05) is 35.5 Å². The summed E-state index contributed by atoms with van der Waals surface area (Å²) < 4.78 is 96.8. The van der Waals surface area contributed by atoms with Gasteiger partial charge in [0.2, 0.25) is 5.88 Å². The molecule has 0 saturated heterocycles. The number of hydrogen-bond acceptors (Lipinski definition) is 3. The Morgan fingerprint density at radius 2 is 1.59 bits per heavy atom. The van der Waals surface area contributed by atoms with Crippen LogP contribution in [0, 0.1) is 29.3 Å². The van der Waals surface area contributed by atoms with Crippen LogP contribution in [0.2, 0.25) is 0 Å². The summed E-state index contributed by atoms with van der Waals surface area (Å²) in [7, 11) is 0. The van der Waals surface area contributed by atoms with Crippen LogP contribution in [-0.4, -0.2) is 11.6 Å². The van der Waals surface area contributed by atoms with E-state index in [0.717, 1.165) is 42.2 Å². The Bertz CT molecular complexity index is 1270. The van der Waals surface area contributed by atoms with Gasteiger partial charge in [0.25, 0.3) is 0 Å². The molecule has 0 N–H and O–H groups in total. The number of nitrogens with zero attached hydrogens (tertiary/aromatic N) is 1. The van der Waals surface area contributed by atoms with E-state index in [1.54, 1.807) is 12.3 Å². The summed E-state index contributed by atoms with van der Waals surface area (Å²) in [6.07, 6.45) is -1.04. The molecule has 9 heteroatoms. The smallest absolute Gasteiger partial charge is 0.417 e. The standard InChI is InChI=1S/C28H27F6NO2/c1-15(2)4-5-36-20-10-24(30)27(25(31)11-20)21-8-19(23(29)12-22(21)28(32,33)34)14-37-26-9-17-6-16(3)7-18(17)13-35-26/h8-13,15-16H,4-7,14H2,1-3H3/t16-/m0/s1. The van der Waals surface area contributed by atoms with Crippen molar-refractivity contribution in [1.82, 2.24) is 4.98 Å². The van der Waals surface area contributed by atoms with Gasteiger partial charge in [-0.25, -0.2) is 18.2 Å². The topological polar surface area (TPSA) is 31.4 Å². The van der Waals surface area contributed by atoms with E-state index in [0.29, 0.717) is 18.3 Å². The molecule has 3 aromatic rings. The minimum absolute atomic E-state index is 0.143. The van der Waals surface area contributed by atoms with E-state index in [2.05, 4.69) is 11.9 Å². The van der Waals surface area contributed by atoms with E-state index in [1.807, 2.05) is 13.8 Å². The van der Waals surface area contributed by atoms with Gasteiger partial charge >= 0.3 is 6.18 Å². The first-order valence-corrected chi connectivity index (χ1v) is 12.0. The maximum atomic E-state index is 15.0. The quantitative estimate of drug-likeness (QED) is 0.281. The zero-order chi connectivity index (χ0) is 26.9. The molecule has 0 spiro atoms. The molecule has 37 heavy (non-hydrogen) atoms. The van der Waals surface area contributed by atoms with Gasteiger partial charge in [-0.05, 0) is 54.4 Å². The molecule has 3 nitrogen and oxygen atoms in total. The van der Waals surface area contributed by atoms with Crippen LogP contribution in [0.15, 0.2) is 36.5 Å². The summed E-state index contributed by atoms with van der Waals surface area (Å²) in [5.41, 5.74) is -1.41. The Balaban J connectivity index is 1.66. The highest BCUT2D eigenvalue weighted by Crippen LogP contribution is 2.41. The Morgan fingerprint density at radius 3 is 2.24 bits per heavy atom. The predicted octanol–water partition coefficient (Wildman–Crippen LogP) is 7.92. The van der Waals surface area contributed by atoms with Gasteiger partial charge in [0.1, 0.15) is 29.8 Å². The summed E-state index contributed by atoms with van der Waals surface area (Å²) in [6, 6.07) is 4.38. The van der Waals surface area contributed by atoms with Crippen LogP contribution in [0.4, 0.5) is 26.3 Å². The number of alkyl halides is 3. The largest absolute Gasteiger partial charge is 0.493 e. The molecule has 0 aliphatic heterocycles. The third-order valence-electron chi connectivity index (χ3n) is 6.31. The van der Waals surface area contributed by atoms with Crippen molar-refractivity contribution in [1.29, 1.82) is 0 Å². The number of fused-ring (bicyclic) bond motifs is 1. The van der Waals surface area contributed by atoms with Crippen LogP contribution >= 0.6 is 0 Å². The van der Waals surface area contributed by atoms with Crippen molar-refractivity contribution in [3.63, 3.8) is 0 Å². The van der Waals surface area contributed by atoms with E-state index in [9.17, 15) is 26.3 Å². The van der Waals surface area contributed by atoms with Crippen molar-refractivity contribution < 1.29 is 35.8 Å². The molecule has 2 aromatic carbocycles. The molecule has 1 heterocycles. The van der Waals surface area contributed by atoms with Gasteiger partial charge in [-0.2, -0.15) is 13.2 Å². The van der Waals surface area contributed by atoms with Gasteiger partial charge < -0.3 is 9.47 Å². The van der Waals surface area contributed by atoms with Crippen molar-refractivity contribution in [2.45, 2.75) is 52.8 Å². The molecule has 1 aromatic heterocycles. The van der Waals surface area contributed by atoms with Crippen LogP contribution in [0.3, 0.4) is 0 Å². The van der Waals surface area contributed by atoms with Crippen LogP contribution in [0.5, 0.6) is 11.6 Å². The average molecular weight is 524 g/mol. The lowest BCUT2D eigenvalue weighted by Crippen LogP contribution is -2.12. The van der Waals surface area contributed by atoms with Gasteiger partial charge in [-0.15, -0.1) is 0 Å². The SMILES string of the molecule is CC(C)CCOc1cc(F)c(-c2cc(COc3cc4c(cn3)C[C@@H](C)C4)c(F)cc2C(F)(F)F)c(F)c1. The minimum Gasteiger partial charge on any atom is -0.493 e. The molecule has 198 valence electrons. The van der Waals surface area contributed by atoms with Crippen LogP contribution in [-0.2, 0) is 25.6 Å². The number of aromatic nitrogens is 1. The molecule has 0 bridgehead atoms. The maximum Gasteiger partial charge on any atom is 0.417 e. The molecule has 0 unspecified atom stereocenters. The van der Waals surface area contributed by atoms with Gasteiger partial charge in [-0.3, -0.25) is 0 Å². The highest BCUT2D eigenvalue weighted by molar-refractivity contribution is 5.71. The first-order valence-electron chi connectivity index (χ1n) is 12.0. The first kappa shape index (κ1) is 26.8. The van der Waals surface area contributed by atoms with Gasteiger partial charge in [0.05, 0.1) is 17.7 Å². The molecule has 0 saturated carbocycles. The molecular weight excluding hydrogens is 496 g/mol. The normalized spacial score (nSPS) is 15.2. The van der Waals surface area contributed by atoms with Gasteiger partial charge in [-0.1, -0.05) is 20.8 Å². The number of hydrogen-bond donors (Lipinski definition) is 0. The molecule has 4 rings (SSSR count). The highest BCUT2D eigenvalue weighted by atomic mass is 19.4. The fraction of sp³-hybridized carbons (Fsp3) is 0.393. The molecule has 1 aliphatic rings. The van der Waals surface area contributed by atoms with Crippen molar-refractivity contribution in [2.24, 2.45) is 11.8 Å². The number of halogens is 6. The zero-order valence-electron chi connectivity index (χ0n) is 20.7. The molecule has 0 radical (unpaired) electrons. The first-order chi connectivity index (χ1) is 17.4. The number of rotatable bonds is 8. The molecule has 1 atom stereocenters. The lowest BCUT2D eigenvalue weighted by Gasteiger charge is -2.18. The Morgan fingerprint density at radius 1 is 0.919 bits per heavy atom. The van der Waals surface area contributed by atoms with Crippen LogP contribution < -0.4 is 9.47 Å². The Labute approximate surface area is 211 Å². The van der Waals surface area contributed by atoms with Crippen molar-refractivity contribution in [3.8, 4) is 22.8 Å². The predicted molar refractivity (Wildman–Crippen MR) is 127 cm³/mol. The lowest BCUT2D eigenvalue weighted by molar-refractivity contribution is -0.137. The summed E-state index contributed by atoms with van der Waals surface area (Å²) in [5, 5.41) is 0. The van der Waals surface area contributed by atoms with Gasteiger partial charge in [0.15, 0.2) is 0 Å². The van der Waals surface area contributed by atoms with Crippen molar-refractivity contribution in [3.05, 3.63) is 76.2 Å². The van der Waals surface area contributed by atoms with E-state index in [-0.39, 0.29) is 29.9 Å². The second kappa shape index (κ2) is 10.6. The highest BCUT2D eigenvalue weighted by Gasteiger charge is 2.36. The van der Waals surface area contributed by atoms with Crippen LogP contribution in [0.25, 0.3) is 11.1 Å². The number of pyridine rings is 1. The van der Waals surface area contributed by atoms with E-state index in [4.69, 9.17) is 9.47 Å². The van der Waals surface area contributed by atoms with Crippen molar-refractivity contribution >= 4 is 0 Å². The second-order valence-corrected chi connectivity index (χ2v) is 9.87. The summed E-state index contributed by atoms with van der Waals surface area (Å²) in [5.74, 6) is -2.92. The molecule has 0 amide bonds. The fourth-order valence-electron chi connectivity index (χ4n) is 4.40. The number of benzene rings is 2. The maximum absolute atomic E-state index is 15.0. The lowest BCUT2D eigenvalue weighted by atomic mass is 9.95. The average Bonchev–Trinajstić information content (AvgIpc) is 3.16. The van der Waals surface area contributed by atoms with E-state index >= 15 is 0 Å². The van der Waals surface area contributed by atoms with E-state index < -0.39 is 46.9 Å². The summed E-state index contributed by atoms with van der Waals surface area (Å²) >= 11 is 0. The summed E-state index contributed by atoms with van der Waals surface area (Å²) in [4.78, 5) is 4.18. The van der Waals surface area contributed by atoms with E-state index in [1.165, 1.54) is 0 Å². The molecule has 0 fully saturated rings. The molecule has 1 aliphatic carbocycles. The third-order valence-corrected chi connectivity index (χ3v) is 6.31.